The van der Waals surface area contributed by atoms with Gasteiger partial charge in [0.2, 0.25) is 0 Å². The highest BCUT2D eigenvalue weighted by Crippen LogP contribution is 2.20. The summed E-state index contributed by atoms with van der Waals surface area (Å²) in [6.45, 7) is 0. The van der Waals surface area contributed by atoms with E-state index >= 15 is 0 Å². The van der Waals surface area contributed by atoms with Crippen LogP contribution in [-0.4, -0.2) is 11.1 Å². The monoisotopic (exact) mass is 195 g/mol. The maximum Gasteiger partial charge on any atom is 0.307 e. The summed E-state index contributed by atoms with van der Waals surface area (Å²) in [5, 5.41) is 17.3. The van der Waals surface area contributed by atoms with E-state index in [-0.39, 0.29) is 11.4 Å². The van der Waals surface area contributed by atoms with Gasteiger partial charge < -0.3 is 5.11 Å². The summed E-state index contributed by atoms with van der Waals surface area (Å²) in [5.41, 5.74) is 0.772. The Bertz CT molecular complexity index is 382. The predicted octanol–water partition coefficient (Wildman–Crippen LogP) is 1.84. The van der Waals surface area contributed by atoms with E-state index in [0.29, 0.717) is 11.1 Å². The Labute approximate surface area is 80.2 Å². The van der Waals surface area contributed by atoms with Crippen molar-refractivity contribution in [2.45, 2.75) is 6.42 Å². The number of benzene rings is 1. The molecule has 0 aliphatic heterocycles. The molecule has 0 radical (unpaired) electrons. The van der Waals surface area contributed by atoms with E-state index in [1.807, 2.05) is 6.07 Å². The summed E-state index contributed by atoms with van der Waals surface area (Å²) in [6.07, 6.45) is -0.158. The molecule has 0 saturated carbocycles. The van der Waals surface area contributed by atoms with Crippen molar-refractivity contribution in [3.8, 4) is 6.07 Å². The van der Waals surface area contributed by atoms with E-state index in [1.165, 1.54) is 0 Å². The van der Waals surface area contributed by atoms with Gasteiger partial charge in [0, 0.05) is 0 Å². The van der Waals surface area contributed by atoms with Crippen LogP contribution in [0.25, 0.3) is 0 Å². The average molecular weight is 196 g/mol. The first-order valence-electron chi connectivity index (χ1n) is 3.54. The maximum absolute atomic E-state index is 10.4. The predicted molar refractivity (Wildman–Crippen MR) is 47.5 cm³/mol. The quantitative estimate of drug-likeness (QED) is 0.783. The molecule has 66 valence electrons. The number of hydrogen-bond donors (Lipinski definition) is 1. The van der Waals surface area contributed by atoms with Crippen LogP contribution >= 0.6 is 11.6 Å². The lowest BCUT2D eigenvalue weighted by Gasteiger charge is -2.01. The number of hydrogen-bond acceptors (Lipinski definition) is 2. The standard InChI is InChI=1S/C9H6ClNO2/c10-9-6(4-8(12)13)2-1-3-7(9)5-11/h1-3H,4H2,(H,12,13). The van der Waals surface area contributed by atoms with Gasteiger partial charge in [0.15, 0.2) is 0 Å². The normalized spacial score (nSPS) is 9.23. The Morgan fingerprint density at radius 3 is 2.85 bits per heavy atom. The van der Waals surface area contributed by atoms with Gasteiger partial charge in [-0.05, 0) is 11.6 Å². The third-order valence-corrected chi connectivity index (χ3v) is 1.99. The minimum atomic E-state index is -0.961. The summed E-state index contributed by atoms with van der Waals surface area (Å²) in [6, 6.07) is 6.64. The van der Waals surface area contributed by atoms with Crippen molar-refractivity contribution < 1.29 is 9.90 Å². The third kappa shape index (κ3) is 2.20. The van der Waals surface area contributed by atoms with Crippen LogP contribution in [0.2, 0.25) is 5.02 Å². The molecule has 1 rings (SSSR count). The second-order valence-corrected chi connectivity index (χ2v) is 2.84. The minimum Gasteiger partial charge on any atom is -0.481 e. The van der Waals surface area contributed by atoms with Crippen molar-refractivity contribution >= 4 is 17.6 Å². The van der Waals surface area contributed by atoms with Crippen LogP contribution in [0, 0.1) is 11.3 Å². The zero-order chi connectivity index (χ0) is 9.84. The smallest absolute Gasteiger partial charge is 0.307 e. The first-order chi connectivity index (χ1) is 6.15. The van der Waals surface area contributed by atoms with Crippen molar-refractivity contribution in [1.82, 2.24) is 0 Å². The number of carboxylic acids is 1. The molecular formula is C9H6ClNO2. The van der Waals surface area contributed by atoms with E-state index in [9.17, 15) is 4.79 Å². The number of nitriles is 1. The number of rotatable bonds is 2. The Morgan fingerprint density at radius 1 is 1.62 bits per heavy atom. The minimum absolute atomic E-state index is 0.158. The summed E-state index contributed by atoms with van der Waals surface area (Å²) < 4.78 is 0. The molecule has 0 aliphatic rings. The fourth-order valence-electron chi connectivity index (χ4n) is 0.966. The zero-order valence-corrected chi connectivity index (χ0v) is 7.38. The van der Waals surface area contributed by atoms with Gasteiger partial charge in [0.05, 0.1) is 17.0 Å². The molecule has 4 heteroatoms. The van der Waals surface area contributed by atoms with Crippen molar-refractivity contribution in [3.05, 3.63) is 34.3 Å². The van der Waals surface area contributed by atoms with Gasteiger partial charge in [-0.1, -0.05) is 23.7 Å². The van der Waals surface area contributed by atoms with Crippen molar-refractivity contribution in [3.63, 3.8) is 0 Å². The fraction of sp³-hybridized carbons (Fsp3) is 0.111. The molecule has 0 saturated heterocycles. The Morgan fingerprint density at radius 2 is 2.31 bits per heavy atom. The van der Waals surface area contributed by atoms with E-state index in [0.717, 1.165) is 0 Å². The van der Waals surface area contributed by atoms with E-state index < -0.39 is 5.97 Å². The summed E-state index contributed by atoms with van der Waals surface area (Å²) in [7, 11) is 0. The Hall–Kier alpha value is -1.53. The zero-order valence-electron chi connectivity index (χ0n) is 6.62. The van der Waals surface area contributed by atoms with Crippen LogP contribution in [-0.2, 0) is 11.2 Å². The first-order valence-corrected chi connectivity index (χ1v) is 3.92. The molecule has 1 aromatic carbocycles. The molecule has 0 spiro atoms. The fourth-order valence-corrected chi connectivity index (χ4v) is 1.20. The molecule has 13 heavy (non-hydrogen) atoms. The number of carbonyl (C=O) groups is 1. The second-order valence-electron chi connectivity index (χ2n) is 2.46. The summed E-state index contributed by atoms with van der Waals surface area (Å²) >= 11 is 5.77. The van der Waals surface area contributed by atoms with Crippen LogP contribution in [0.5, 0.6) is 0 Å². The molecule has 0 heterocycles. The van der Waals surface area contributed by atoms with Gasteiger partial charge in [0.1, 0.15) is 6.07 Å². The highest BCUT2D eigenvalue weighted by Gasteiger charge is 2.08. The first kappa shape index (κ1) is 9.56. The van der Waals surface area contributed by atoms with Gasteiger partial charge in [-0.3, -0.25) is 4.79 Å². The molecule has 3 nitrogen and oxygen atoms in total. The molecule has 1 aromatic rings. The van der Waals surface area contributed by atoms with E-state index in [4.69, 9.17) is 22.0 Å². The largest absolute Gasteiger partial charge is 0.481 e. The number of halogens is 1. The topological polar surface area (TPSA) is 61.1 Å². The van der Waals surface area contributed by atoms with Gasteiger partial charge in [-0.2, -0.15) is 5.26 Å². The highest BCUT2D eigenvalue weighted by molar-refractivity contribution is 6.32. The van der Waals surface area contributed by atoms with Crippen LogP contribution in [0.15, 0.2) is 18.2 Å². The summed E-state index contributed by atoms with van der Waals surface area (Å²) in [5.74, 6) is -0.961. The molecule has 0 aliphatic carbocycles. The molecular weight excluding hydrogens is 190 g/mol. The SMILES string of the molecule is N#Cc1cccc(CC(=O)O)c1Cl. The summed E-state index contributed by atoms with van der Waals surface area (Å²) in [4.78, 5) is 10.4. The lowest BCUT2D eigenvalue weighted by atomic mass is 10.1. The van der Waals surface area contributed by atoms with Gasteiger partial charge in [-0.15, -0.1) is 0 Å². The molecule has 0 aromatic heterocycles. The molecule has 0 fully saturated rings. The van der Waals surface area contributed by atoms with E-state index in [2.05, 4.69) is 0 Å². The lowest BCUT2D eigenvalue weighted by Crippen LogP contribution is -2.01. The van der Waals surface area contributed by atoms with Crippen molar-refractivity contribution in [2.24, 2.45) is 0 Å². The average Bonchev–Trinajstić information content (AvgIpc) is 2.08. The molecule has 1 N–H and O–H groups in total. The number of aliphatic carboxylic acids is 1. The van der Waals surface area contributed by atoms with Crippen LogP contribution in [0.1, 0.15) is 11.1 Å². The number of nitrogens with zero attached hydrogens (tertiary/aromatic N) is 1. The van der Waals surface area contributed by atoms with Crippen LogP contribution < -0.4 is 0 Å². The lowest BCUT2D eigenvalue weighted by molar-refractivity contribution is -0.136. The molecule has 0 unspecified atom stereocenters. The Kier molecular flexibility index (Phi) is 2.88. The highest BCUT2D eigenvalue weighted by atomic mass is 35.5. The molecule has 0 bridgehead atoms. The van der Waals surface area contributed by atoms with Gasteiger partial charge in [-0.25, -0.2) is 0 Å². The third-order valence-electron chi connectivity index (χ3n) is 1.54. The van der Waals surface area contributed by atoms with Crippen LogP contribution in [0.4, 0.5) is 0 Å². The molecule has 0 amide bonds. The van der Waals surface area contributed by atoms with E-state index in [1.54, 1.807) is 18.2 Å². The van der Waals surface area contributed by atoms with Crippen molar-refractivity contribution in [2.75, 3.05) is 0 Å². The second kappa shape index (κ2) is 3.92. The van der Waals surface area contributed by atoms with Gasteiger partial charge >= 0.3 is 5.97 Å². The van der Waals surface area contributed by atoms with Crippen LogP contribution in [0.3, 0.4) is 0 Å². The maximum atomic E-state index is 10.4. The Balaban J connectivity index is 3.10. The van der Waals surface area contributed by atoms with Gasteiger partial charge in [0.25, 0.3) is 0 Å². The molecule has 0 atom stereocenters. The number of carboxylic acid groups (broad SMARTS) is 1. The van der Waals surface area contributed by atoms with Crippen molar-refractivity contribution in [1.29, 1.82) is 5.26 Å².